The van der Waals surface area contributed by atoms with Crippen molar-refractivity contribution in [2.24, 2.45) is 5.73 Å². The summed E-state index contributed by atoms with van der Waals surface area (Å²) in [6.07, 6.45) is 1.26. The second-order valence-electron chi connectivity index (χ2n) is 5.38. The summed E-state index contributed by atoms with van der Waals surface area (Å²) in [4.78, 5) is 11.9. The van der Waals surface area contributed by atoms with Crippen LogP contribution in [0.2, 0.25) is 0 Å². The molecule has 6 heteroatoms. The maximum Gasteiger partial charge on any atom is 0.237 e. The molecule has 2 rings (SSSR count). The lowest BCUT2D eigenvalue weighted by Gasteiger charge is -2.13. The fraction of sp³-hybridized carbons (Fsp3) is 0.312. The van der Waals surface area contributed by atoms with Gasteiger partial charge in [-0.05, 0) is 22.8 Å². The molecule has 0 aromatic heterocycles. The van der Waals surface area contributed by atoms with E-state index in [9.17, 15) is 13.2 Å². The van der Waals surface area contributed by atoms with Crippen LogP contribution in [0.15, 0.2) is 42.5 Å². The molecule has 0 aliphatic heterocycles. The van der Waals surface area contributed by atoms with Gasteiger partial charge in [0.05, 0.1) is 11.8 Å². The summed E-state index contributed by atoms with van der Waals surface area (Å²) >= 11 is 0. The molecule has 0 fully saturated rings. The number of rotatable bonds is 6. The van der Waals surface area contributed by atoms with E-state index in [-0.39, 0.29) is 18.1 Å². The number of fused-ring (bicyclic) bond motifs is 1. The predicted octanol–water partition coefficient (Wildman–Crippen LogP) is 1.22. The van der Waals surface area contributed by atoms with Crippen LogP contribution in [0, 0.1) is 0 Å². The average molecular weight is 320 g/mol. The van der Waals surface area contributed by atoms with Gasteiger partial charge >= 0.3 is 0 Å². The molecule has 0 bridgehead atoms. The topological polar surface area (TPSA) is 89.3 Å². The van der Waals surface area contributed by atoms with Crippen molar-refractivity contribution in [3.8, 4) is 0 Å². The van der Waals surface area contributed by atoms with E-state index in [4.69, 9.17) is 5.73 Å². The van der Waals surface area contributed by atoms with Crippen LogP contribution in [-0.4, -0.2) is 32.4 Å². The van der Waals surface area contributed by atoms with Gasteiger partial charge in [-0.1, -0.05) is 42.5 Å². The molecule has 0 radical (unpaired) electrons. The van der Waals surface area contributed by atoms with Crippen molar-refractivity contribution in [1.29, 1.82) is 0 Å². The number of hydrogen-bond donors (Lipinski definition) is 2. The minimum atomic E-state index is -3.11. The number of amides is 1. The maximum absolute atomic E-state index is 11.9. The lowest BCUT2D eigenvalue weighted by molar-refractivity contribution is -0.122. The van der Waals surface area contributed by atoms with E-state index in [1.54, 1.807) is 0 Å². The molecular formula is C16H20N2O3S. The van der Waals surface area contributed by atoms with E-state index >= 15 is 0 Å². The molecule has 118 valence electrons. The lowest BCUT2D eigenvalue weighted by atomic mass is 10.0. The predicted molar refractivity (Wildman–Crippen MR) is 88.1 cm³/mol. The molecule has 1 atom stereocenters. The SMILES string of the molecule is CS(=O)(=O)CCC(N)C(=O)NCc1cccc2ccccc12. The molecular weight excluding hydrogens is 300 g/mol. The Labute approximate surface area is 130 Å². The molecule has 1 amide bonds. The third-order valence-corrected chi connectivity index (χ3v) is 4.45. The zero-order chi connectivity index (χ0) is 16.2. The van der Waals surface area contributed by atoms with Gasteiger partial charge in [0.25, 0.3) is 0 Å². The summed E-state index contributed by atoms with van der Waals surface area (Å²) in [5, 5.41) is 4.95. The fourth-order valence-corrected chi connectivity index (χ4v) is 2.91. The minimum Gasteiger partial charge on any atom is -0.351 e. The summed E-state index contributed by atoms with van der Waals surface area (Å²) in [6, 6.07) is 13.0. The molecule has 0 saturated carbocycles. The highest BCUT2D eigenvalue weighted by Crippen LogP contribution is 2.18. The van der Waals surface area contributed by atoms with Crippen molar-refractivity contribution >= 4 is 26.5 Å². The number of benzene rings is 2. The largest absolute Gasteiger partial charge is 0.351 e. The molecule has 0 heterocycles. The molecule has 3 N–H and O–H groups in total. The first-order valence-electron chi connectivity index (χ1n) is 7.04. The molecule has 0 aliphatic rings. The van der Waals surface area contributed by atoms with E-state index in [0.29, 0.717) is 6.54 Å². The first kappa shape index (κ1) is 16.5. The number of carbonyl (C=O) groups excluding carboxylic acids is 1. The third-order valence-electron chi connectivity index (χ3n) is 3.47. The third kappa shape index (κ3) is 4.54. The molecule has 22 heavy (non-hydrogen) atoms. The van der Waals surface area contributed by atoms with Crippen molar-refractivity contribution in [2.75, 3.05) is 12.0 Å². The monoisotopic (exact) mass is 320 g/mol. The van der Waals surface area contributed by atoms with E-state index in [0.717, 1.165) is 22.6 Å². The van der Waals surface area contributed by atoms with E-state index < -0.39 is 15.9 Å². The molecule has 0 spiro atoms. The van der Waals surface area contributed by atoms with Gasteiger partial charge in [0, 0.05) is 12.8 Å². The molecule has 2 aromatic carbocycles. The Balaban J connectivity index is 1.98. The maximum atomic E-state index is 11.9. The Hall–Kier alpha value is -1.92. The van der Waals surface area contributed by atoms with Crippen LogP contribution in [0.5, 0.6) is 0 Å². The summed E-state index contributed by atoms with van der Waals surface area (Å²) < 4.78 is 22.2. The van der Waals surface area contributed by atoms with Crippen molar-refractivity contribution in [2.45, 2.75) is 19.0 Å². The van der Waals surface area contributed by atoms with Crippen LogP contribution in [-0.2, 0) is 21.2 Å². The van der Waals surface area contributed by atoms with Crippen LogP contribution >= 0.6 is 0 Å². The second kappa shape index (κ2) is 6.89. The molecule has 2 aromatic rings. The van der Waals surface area contributed by atoms with Crippen LogP contribution in [0.4, 0.5) is 0 Å². The highest BCUT2D eigenvalue weighted by atomic mass is 32.2. The van der Waals surface area contributed by atoms with Gasteiger partial charge in [-0.15, -0.1) is 0 Å². The number of carbonyl (C=O) groups is 1. The smallest absolute Gasteiger partial charge is 0.237 e. The number of hydrogen-bond acceptors (Lipinski definition) is 4. The first-order chi connectivity index (χ1) is 10.4. The zero-order valence-electron chi connectivity index (χ0n) is 12.5. The summed E-state index contributed by atoms with van der Waals surface area (Å²) in [5.41, 5.74) is 6.73. The van der Waals surface area contributed by atoms with E-state index in [1.165, 1.54) is 0 Å². The molecule has 5 nitrogen and oxygen atoms in total. The summed E-state index contributed by atoms with van der Waals surface area (Å²) in [5.74, 6) is -0.424. The lowest BCUT2D eigenvalue weighted by Crippen LogP contribution is -2.41. The van der Waals surface area contributed by atoms with Crippen LogP contribution in [0.1, 0.15) is 12.0 Å². The van der Waals surface area contributed by atoms with E-state index in [1.807, 2.05) is 42.5 Å². The van der Waals surface area contributed by atoms with Crippen molar-refractivity contribution < 1.29 is 13.2 Å². The van der Waals surface area contributed by atoms with Crippen molar-refractivity contribution in [3.63, 3.8) is 0 Å². The minimum absolute atomic E-state index is 0.0874. The number of sulfone groups is 1. The van der Waals surface area contributed by atoms with Gasteiger partial charge in [0.15, 0.2) is 0 Å². The summed E-state index contributed by atoms with van der Waals surface area (Å²) in [6.45, 7) is 0.368. The van der Waals surface area contributed by atoms with Gasteiger partial charge in [-0.25, -0.2) is 8.42 Å². The highest BCUT2D eigenvalue weighted by Gasteiger charge is 2.15. The van der Waals surface area contributed by atoms with Crippen LogP contribution in [0.3, 0.4) is 0 Å². The van der Waals surface area contributed by atoms with Gasteiger partial charge < -0.3 is 11.1 Å². The van der Waals surface area contributed by atoms with Crippen LogP contribution < -0.4 is 11.1 Å². The van der Waals surface area contributed by atoms with Crippen molar-refractivity contribution in [1.82, 2.24) is 5.32 Å². The molecule has 0 saturated heterocycles. The fourth-order valence-electron chi connectivity index (χ4n) is 2.23. The Bertz CT molecular complexity index is 767. The average Bonchev–Trinajstić information content (AvgIpc) is 2.49. The Morgan fingerprint density at radius 1 is 1.18 bits per heavy atom. The van der Waals surface area contributed by atoms with Crippen LogP contribution in [0.25, 0.3) is 10.8 Å². The highest BCUT2D eigenvalue weighted by molar-refractivity contribution is 7.90. The molecule has 1 unspecified atom stereocenters. The van der Waals surface area contributed by atoms with Gasteiger partial charge in [-0.3, -0.25) is 4.79 Å². The van der Waals surface area contributed by atoms with Gasteiger partial charge in [0.1, 0.15) is 9.84 Å². The Morgan fingerprint density at radius 3 is 2.59 bits per heavy atom. The Morgan fingerprint density at radius 2 is 1.86 bits per heavy atom. The van der Waals surface area contributed by atoms with E-state index in [2.05, 4.69) is 5.32 Å². The summed E-state index contributed by atoms with van der Waals surface area (Å²) in [7, 11) is -3.11. The normalized spacial score (nSPS) is 13.0. The Kier molecular flexibility index (Phi) is 5.15. The number of nitrogens with one attached hydrogen (secondary N) is 1. The number of nitrogens with two attached hydrogens (primary N) is 1. The standard InChI is InChI=1S/C16H20N2O3S/c1-22(20,21)10-9-15(17)16(19)18-11-13-7-4-6-12-5-2-3-8-14(12)13/h2-8,15H,9-11,17H2,1H3,(H,18,19). The molecule has 0 aliphatic carbocycles. The zero-order valence-corrected chi connectivity index (χ0v) is 13.3. The van der Waals surface area contributed by atoms with Crippen molar-refractivity contribution in [3.05, 3.63) is 48.0 Å². The first-order valence-corrected chi connectivity index (χ1v) is 9.10. The second-order valence-corrected chi connectivity index (χ2v) is 7.64. The van der Waals surface area contributed by atoms with Gasteiger partial charge in [0.2, 0.25) is 5.91 Å². The quantitative estimate of drug-likeness (QED) is 0.837. The van der Waals surface area contributed by atoms with Gasteiger partial charge in [-0.2, -0.15) is 0 Å².